The van der Waals surface area contributed by atoms with Crippen LogP contribution in [0.1, 0.15) is 23.2 Å². The molecule has 2 N–H and O–H groups in total. The molecule has 1 aromatic heterocycles. The third-order valence-corrected chi connectivity index (χ3v) is 3.92. The van der Waals surface area contributed by atoms with Gasteiger partial charge in [0.15, 0.2) is 0 Å². The Kier molecular flexibility index (Phi) is 5.05. The molecule has 1 aliphatic rings. The Bertz CT molecular complexity index is 690. The van der Waals surface area contributed by atoms with E-state index >= 15 is 0 Å². The molecule has 6 heteroatoms. The second-order valence-electron chi connectivity index (χ2n) is 5.66. The van der Waals surface area contributed by atoms with Crippen LogP contribution in [0.25, 0.3) is 0 Å². The minimum Gasteiger partial charge on any atom is -0.372 e. The van der Waals surface area contributed by atoms with Gasteiger partial charge in [-0.2, -0.15) is 0 Å². The fraction of sp³-hybridized carbons (Fsp3) is 0.278. The molecule has 124 valence electrons. The zero-order valence-corrected chi connectivity index (χ0v) is 13.5. The van der Waals surface area contributed by atoms with Crippen LogP contribution in [0.4, 0.5) is 17.3 Å². The van der Waals surface area contributed by atoms with E-state index in [9.17, 15) is 4.79 Å². The van der Waals surface area contributed by atoms with Gasteiger partial charge in [0.05, 0.1) is 5.56 Å². The summed E-state index contributed by atoms with van der Waals surface area (Å²) in [5, 5.41) is 5.83. The third-order valence-electron chi connectivity index (χ3n) is 3.92. The van der Waals surface area contributed by atoms with Crippen molar-refractivity contribution in [3.8, 4) is 0 Å². The summed E-state index contributed by atoms with van der Waals surface area (Å²) in [6.07, 6.45) is 7.17. The number of rotatable bonds is 6. The number of hydrogen-bond acceptors (Lipinski definition) is 5. The molecule has 0 atom stereocenters. The molecule has 1 fully saturated rings. The van der Waals surface area contributed by atoms with Gasteiger partial charge in [0.2, 0.25) is 5.95 Å². The summed E-state index contributed by atoms with van der Waals surface area (Å²) in [5.41, 5.74) is 2.58. The fourth-order valence-corrected chi connectivity index (χ4v) is 2.64. The maximum Gasteiger partial charge on any atom is 0.254 e. The molecule has 1 amide bonds. The van der Waals surface area contributed by atoms with E-state index in [2.05, 4.69) is 44.2 Å². The standard InChI is InChI=1S/C18H21N5O/c1-2-9-19-17(24)14-12-20-18(21-13-14)22-15-5-7-16(8-6-15)23-10-3-4-11-23/h2,5-8,12-13H,1,3-4,9-11H2,(H,19,24)(H,20,21,22). The average molecular weight is 323 g/mol. The van der Waals surface area contributed by atoms with E-state index in [1.165, 1.54) is 30.9 Å². The molecule has 0 unspecified atom stereocenters. The number of nitrogens with one attached hydrogen (secondary N) is 2. The van der Waals surface area contributed by atoms with Crippen LogP contribution in [-0.2, 0) is 0 Å². The molecule has 0 bridgehead atoms. The predicted octanol–water partition coefficient (Wildman–Crippen LogP) is 2.74. The van der Waals surface area contributed by atoms with E-state index < -0.39 is 0 Å². The number of hydrogen-bond donors (Lipinski definition) is 2. The van der Waals surface area contributed by atoms with Crippen LogP contribution >= 0.6 is 0 Å². The minimum absolute atomic E-state index is 0.212. The van der Waals surface area contributed by atoms with Gasteiger partial charge < -0.3 is 15.5 Å². The number of aromatic nitrogens is 2. The largest absolute Gasteiger partial charge is 0.372 e. The fourth-order valence-electron chi connectivity index (χ4n) is 2.64. The first-order valence-corrected chi connectivity index (χ1v) is 8.09. The first-order chi connectivity index (χ1) is 11.8. The molecule has 6 nitrogen and oxygen atoms in total. The summed E-state index contributed by atoms with van der Waals surface area (Å²) in [7, 11) is 0. The lowest BCUT2D eigenvalue weighted by Gasteiger charge is -2.17. The zero-order valence-electron chi connectivity index (χ0n) is 13.5. The van der Waals surface area contributed by atoms with Crippen molar-refractivity contribution in [1.29, 1.82) is 0 Å². The van der Waals surface area contributed by atoms with E-state index in [4.69, 9.17) is 0 Å². The molecule has 0 aliphatic carbocycles. The van der Waals surface area contributed by atoms with Gasteiger partial charge in [-0.25, -0.2) is 9.97 Å². The lowest BCUT2D eigenvalue weighted by molar-refractivity contribution is 0.0957. The van der Waals surface area contributed by atoms with Crippen LogP contribution in [0.15, 0.2) is 49.3 Å². The smallest absolute Gasteiger partial charge is 0.254 e. The lowest BCUT2D eigenvalue weighted by atomic mass is 10.2. The van der Waals surface area contributed by atoms with Crippen LogP contribution in [0, 0.1) is 0 Å². The highest BCUT2D eigenvalue weighted by molar-refractivity contribution is 5.93. The number of amides is 1. The molecule has 0 saturated carbocycles. The Morgan fingerprint density at radius 1 is 1.17 bits per heavy atom. The van der Waals surface area contributed by atoms with Gasteiger partial charge in [-0.3, -0.25) is 4.79 Å². The highest BCUT2D eigenvalue weighted by Gasteiger charge is 2.12. The number of anilines is 3. The summed E-state index contributed by atoms with van der Waals surface area (Å²) in [6.45, 7) is 6.24. The number of carbonyl (C=O) groups excluding carboxylic acids is 1. The quantitative estimate of drug-likeness (QED) is 0.800. The van der Waals surface area contributed by atoms with Crippen molar-refractivity contribution in [1.82, 2.24) is 15.3 Å². The second kappa shape index (κ2) is 7.59. The van der Waals surface area contributed by atoms with Crippen molar-refractivity contribution in [3.63, 3.8) is 0 Å². The van der Waals surface area contributed by atoms with E-state index in [0.717, 1.165) is 18.8 Å². The Morgan fingerprint density at radius 3 is 2.46 bits per heavy atom. The van der Waals surface area contributed by atoms with Crippen molar-refractivity contribution in [3.05, 3.63) is 54.9 Å². The number of carbonyl (C=O) groups is 1. The summed E-state index contributed by atoms with van der Waals surface area (Å²) < 4.78 is 0. The van der Waals surface area contributed by atoms with Gasteiger partial charge in [0, 0.05) is 43.4 Å². The van der Waals surface area contributed by atoms with Gasteiger partial charge in [0.25, 0.3) is 5.91 Å². The average Bonchev–Trinajstić information content (AvgIpc) is 3.15. The topological polar surface area (TPSA) is 70.2 Å². The Labute approximate surface area is 141 Å². The normalized spacial score (nSPS) is 13.6. The number of benzene rings is 1. The van der Waals surface area contributed by atoms with Gasteiger partial charge in [-0.15, -0.1) is 6.58 Å². The molecule has 1 aliphatic heterocycles. The van der Waals surface area contributed by atoms with Crippen LogP contribution < -0.4 is 15.5 Å². The predicted molar refractivity (Wildman–Crippen MR) is 95.7 cm³/mol. The first-order valence-electron chi connectivity index (χ1n) is 8.09. The zero-order chi connectivity index (χ0) is 16.8. The molecule has 3 rings (SSSR count). The van der Waals surface area contributed by atoms with Crippen molar-refractivity contribution >= 4 is 23.2 Å². The Morgan fingerprint density at radius 2 is 1.83 bits per heavy atom. The molecule has 0 radical (unpaired) electrons. The van der Waals surface area contributed by atoms with Crippen LogP contribution in [0.3, 0.4) is 0 Å². The van der Waals surface area contributed by atoms with Gasteiger partial charge in [-0.05, 0) is 37.1 Å². The van der Waals surface area contributed by atoms with Crippen LogP contribution in [0.2, 0.25) is 0 Å². The monoisotopic (exact) mass is 323 g/mol. The van der Waals surface area contributed by atoms with Crippen molar-refractivity contribution < 1.29 is 4.79 Å². The maximum atomic E-state index is 11.8. The highest BCUT2D eigenvalue weighted by Crippen LogP contribution is 2.23. The van der Waals surface area contributed by atoms with Gasteiger partial charge >= 0.3 is 0 Å². The van der Waals surface area contributed by atoms with Crippen LogP contribution in [0.5, 0.6) is 0 Å². The van der Waals surface area contributed by atoms with Gasteiger partial charge in [-0.1, -0.05) is 6.08 Å². The highest BCUT2D eigenvalue weighted by atomic mass is 16.1. The van der Waals surface area contributed by atoms with Crippen molar-refractivity contribution in [2.24, 2.45) is 0 Å². The Balaban J connectivity index is 1.61. The molecule has 1 aromatic carbocycles. The van der Waals surface area contributed by atoms with E-state index in [0.29, 0.717) is 18.1 Å². The molecular formula is C18H21N5O. The minimum atomic E-state index is -0.212. The van der Waals surface area contributed by atoms with E-state index in [-0.39, 0.29) is 5.91 Å². The summed E-state index contributed by atoms with van der Waals surface area (Å²) in [6, 6.07) is 8.24. The molecule has 1 saturated heterocycles. The van der Waals surface area contributed by atoms with Crippen LogP contribution in [-0.4, -0.2) is 35.5 Å². The maximum absolute atomic E-state index is 11.8. The van der Waals surface area contributed by atoms with Crippen molar-refractivity contribution in [2.75, 3.05) is 29.9 Å². The summed E-state index contributed by atoms with van der Waals surface area (Å²) in [4.78, 5) is 22.5. The molecule has 24 heavy (non-hydrogen) atoms. The molecule has 2 aromatic rings. The van der Waals surface area contributed by atoms with Crippen molar-refractivity contribution in [2.45, 2.75) is 12.8 Å². The van der Waals surface area contributed by atoms with E-state index in [1.54, 1.807) is 6.08 Å². The number of nitrogens with zero attached hydrogens (tertiary/aromatic N) is 3. The second-order valence-corrected chi connectivity index (χ2v) is 5.66. The molecular weight excluding hydrogens is 302 g/mol. The van der Waals surface area contributed by atoms with Gasteiger partial charge in [0.1, 0.15) is 0 Å². The molecule has 0 spiro atoms. The Hall–Kier alpha value is -2.89. The lowest BCUT2D eigenvalue weighted by Crippen LogP contribution is -2.23. The summed E-state index contributed by atoms with van der Waals surface area (Å²) in [5.74, 6) is 0.251. The SMILES string of the molecule is C=CCNC(=O)c1cnc(Nc2ccc(N3CCCC3)cc2)nc1. The van der Waals surface area contributed by atoms with E-state index in [1.807, 2.05) is 12.1 Å². The summed E-state index contributed by atoms with van der Waals surface area (Å²) >= 11 is 0. The first kappa shape index (κ1) is 16.0. The third kappa shape index (κ3) is 3.90. The molecule has 2 heterocycles.